The molecule has 3 aromatic carbocycles. The van der Waals surface area contributed by atoms with Crippen molar-refractivity contribution in [3.8, 4) is 0 Å². The summed E-state index contributed by atoms with van der Waals surface area (Å²) in [5.41, 5.74) is 2.94. The van der Waals surface area contributed by atoms with Gasteiger partial charge < -0.3 is 9.88 Å². The van der Waals surface area contributed by atoms with Crippen LogP contribution in [0.25, 0.3) is 10.2 Å². The Morgan fingerprint density at radius 2 is 1.77 bits per heavy atom. The fraction of sp³-hybridized carbons (Fsp3) is 0.0870. The van der Waals surface area contributed by atoms with Crippen molar-refractivity contribution in [3.63, 3.8) is 0 Å². The summed E-state index contributed by atoms with van der Waals surface area (Å²) >= 11 is 7.47. The fourth-order valence-corrected chi connectivity index (χ4v) is 4.39. The molecule has 7 heteroatoms. The molecule has 0 unspecified atom stereocenters. The van der Waals surface area contributed by atoms with Crippen molar-refractivity contribution in [1.82, 2.24) is 9.88 Å². The van der Waals surface area contributed by atoms with E-state index < -0.39 is 0 Å². The Morgan fingerprint density at radius 3 is 2.57 bits per heavy atom. The second-order valence-corrected chi connectivity index (χ2v) is 8.09. The number of nitrogens with zero attached hydrogens (tertiary/aromatic N) is 2. The first-order chi connectivity index (χ1) is 14.5. The van der Waals surface area contributed by atoms with E-state index in [9.17, 15) is 9.59 Å². The summed E-state index contributed by atoms with van der Waals surface area (Å²) in [6.07, 6.45) is 0. The lowest BCUT2D eigenvalue weighted by atomic mass is 10.1. The van der Waals surface area contributed by atoms with Gasteiger partial charge in [-0.2, -0.15) is 4.99 Å². The van der Waals surface area contributed by atoms with E-state index in [-0.39, 0.29) is 11.8 Å². The van der Waals surface area contributed by atoms with Gasteiger partial charge in [-0.15, -0.1) is 0 Å². The molecule has 5 nitrogen and oxygen atoms in total. The van der Waals surface area contributed by atoms with Crippen molar-refractivity contribution in [2.75, 3.05) is 7.05 Å². The molecule has 0 aliphatic rings. The van der Waals surface area contributed by atoms with E-state index in [4.69, 9.17) is 11.6 Å². The number of benzene rings is 3. The van der Waals surface area contributed by atoms with Gasteiger partial charge >= 0.3 is 0 Å². The molecule has 0 fully saturated rings. The number of halogens is 1. The van der Waals surface area contributed by atoms with E-state index in [2.05, 4.69) is 10.3 Å². The average Bonchev–Trinajstić information content (AvgIpc) is 3.10. The lowest BCUT2D eigenvalue weighted by Gasteiger charge is -2.07. The Kier molecular flexibility index (Phi) is 5.79. The normalized spacial score (nSPS) is 11.6. The maximum atomic E-state index is 12.7. The molecule has 4 aromatic rings. The molecule has 0 spiro atoms. The van der Waals surface area contributed by atoms with Crippen LogP contribution in [0.1, 0.15) is 26.3 Å². The molecule has 0 aliphatic carbocycles. The number of carbonyl (C=O) groups is 2. The highest BCUT2D eigenvalue weighted by molar-refractivity contribution is 7.16. The van der Waals surface area contributed by atoms with Crippen molar-refractivity contribution in [2.24, 2.45) is 4.99 Å². The summed E-state index contributed by atoms with van der Waals surface area (Å²) in [6.45, 7) is 0.483. The Bertz CT molecular complexity index is 1320. The minimum atomic E-state index is -0.350. The molecule has 4 rings (SSSR count). The number of hydrogen-bond acceptors (Lipinski definition) is 3. The predicted octanol–water partition coefficient (Wildman–Crippen LogP) is 4.51. The zero-order valence-corrected chi connectivity index (χ0v) is 17.7. The van der Waals surface area contributed by atoms with Crippen LogP contribution >= 0.6 is 22.9 Å². The number of para-hydroxylation sites is 1. The Hall–Kier alpha value is -3.22. The van der Waals surface area contributed by atoms with Gasteiger partial charge in [0.15, 0.2) is 4.80 Å². The monoisotopic (exact) mass is 435 g/mol. The van der Waals surface area contributed by atoms with E-state index >= 15 is 0 Å². The van der Waals surface area contributed by atoms with Gasteiger partial charge in [-0.3, -0.25) is 9.59 Å². The Balaban J connectivity index is 1.80. The lowest BCUT2D eigenvalue weighted by Crippen LogP contribution is -2.19. The molecule has 0 saturated carbocycles. The number of aromatic nitrogens is 1. The summed E-state index contributed by atoms with van der Waals surface area (Å²) in [6, 6.07) is 22.1. The Morgan fingerprint density at radius 1 is 1.00 bits per heavy atom. The number of carbonyl (C=O) groups excluding carboxylic acids is 2. The highest BCUT2D eigenvalue weighted by Crippen LogP contribution is 2.19. The van der Waals surface area contributed by atoms with Crippen LogP contribution in [0.5, 0.6) is 0 Å². The summed E-state index contributed by atoms with van der Waals surface area (Å²) < 4.78 is 3.02. The molecule has 1 heterocycles. The highest BCUT2D eigenvalue weighted by atomic mass is 35.5. The molecule has 2 amide bonds. The molecule has 150 valence electrons. The lowest BCUT2D eigenvalue weighted by molar-refractivity contribution is 0.0961. The van der Waals surface area contributed by atoms with E-state index in [1.54, 1.807) is 37.4 Å². The van der Waals surface area contributed by atoms with Gasteiger partial charge in [0, 0.05) is 23.2 Å². The fourth-order valence-electron chi connectivity index (χ4n) is 3.17. The minimum Gasteiger partial charge on any atom is -0.355 e. The smallest absolute Gasteiger partial charge is 0.279 e. The quantitative estimate of drug-likeness (QED) is 0.512. The predicted molar refractivity (Wildman–Crippen MR) is 120 cm³/mol. The van der Waals surface area contributed by atoms with Crippen molar-refractivity contribution < 1.29 is 9.59 Å². The van der Waals surface area contributed by atoms with Crippen LogP contribution in [0.2, 0.25) is 5.02 Å². The molecule has 0 saturated heterocycles. The summed E-state index contributed by atoms with van der Waals surface area (Å²) in [4.78, 5) is 29.7. The van der Waals surface area contributed by atoms with Crippen molar-refractivity contribution in [1.29, 1.82) is 0 Å². The first-order valence-corrected chi connectivity index (χ1v) is 10.5. The van der Waals surface area contributed by atoms with Crippen LogP contribution in [0.4, 0.5) is 0 Å². The number of rotatable bonds is 4. The van der Waals surface area contributed by atoms with Gasteiger partial charge in [-0.1, -0.05) is 53.3 Å². The van der Waals surface area contributed by atoms with Gasteiger partial charge in [0.1, 0.15) is 0 Å². The number of nitrogens with one attached hydrogen (secondary N) is 1. The van der Waals surface area contributed by atoms with Gasteiger partial charge in [0.2, 0.25) is 0 Å². The van der Waals surface area contributed by atoms with Crippen LogP contribution in [0, 0.1) is 0 Å². The molecule has 1 aromatic heterocycles. The second-order valence-electron chi connectivity index (χ2n) is 6.65. The molecule has 1 N–H and O–H groups in total. The third-order valence-electron chi connectivity index (χ3n) is 4.61. The van der Waals surface area contributed by atoms with E-state index in [1.807, 2.05) is 47.0 Å². The second kappa shape index (κ2) is 8.65. The number of amides is 2. The standard InChI is InChI=1S/C23H18ClN3O2S/c1-25-21(28)16-7-4-6-15(12-16)14-27-19-10-2-3-11-20(19)30-23(27)26-22(29)17-8-5-9-18(24)13-17/h2-13H,14H2,1H3,(H,25,28). The van der Waals surface area contributed by atoms with Crippen molar-refractivity contribution in [3.05, 3.63) is 99.3 Å². The summed E-state index contributed by atoms with van der Waals surface area (Å²) in [5, 5.41) is 3.13. The van der Waals surface area contributed by atoms with Crippen LogP contribution in [0.15, 0.2) is 77.8 Å². The molecular weight excluding hydrogens is 418 g/mol. The SMILES string of the molecule is CNC(=O)c1cccc(Cn2c(=NC(=O)c3cccc(Cl)c3)sc3ccccc32)c1. The summed E-state index contributed by atoms with van der Waals surface area (Å²) in [7, 11) is 1.61. The van der Waals surface area contributed by atoms with Crippen LogP contribution in [-0.2, 0) is 6.54 Å². The van der Waals surface area contributed by atoms with Crippen LogP contribution in [0.3, 0.4) is 0 Å². The molecule has 0 aliphatic heterocycles. The molecule has 0 atom stereocenters. The topological polar surface area (TPSA) is 63.5 Å². The first kappa shape index (κ1) is 20.1. The largest absolute Gasteiger partial charge is 0.355 e. The van der Waals surface area contributed by atoms with Crippen LogP contribution < -0.4 is 10.1 Å². The maximum Gasteiger partial charge on any atom is 0.279 e. The molecule has 0 radical (unpaired) electrons. The molecule has 0 bridgehead atoms. The zero-order chi connectivity index (χ0) is 21.1. The van der Waals surface area contributed by atoms with Crippen molar-refractivity contribution in [2.45, 2.75) is 6.54 Å². The van der Waals surface area contributed by atoms with E-state index in [0.29, 0.717) is 27.5 Å². The van der Waals surface area contributed by atoms with E-state index in [0.717, 1.165) is 15.8 Å². The average molecular weight is 436 g/mol. The number of fused-ring (bicyclic) bond motifs is 1. The third-order valence-corrected chi connectivity index (χ3v) is 5.91. The van der Waals surface area contributed by atoms with Crippen molar-refractivity contribution >= 4 is 45.0 Å². The van der Waals surface area contributed by atoms with Crippen LogP contribution in [-0.4, -0.2) is 23.4 Å². The number of thiazole rings is 1. The zero-order valence-electron chi connectivity index (χ0n) is 16.1. The van der Waals surface area contributed by atoms with Gasteiger partial charge in [0.05, 0.1) is 16.8 Å². The molecular formula is C23H18ClN3O2S. The third kappa shape index (κ3) is 4.20. The van der Waals surface area contributed by atoms with Gasteiger partial charge in [-0.25, -0.2) is 0 Å². The van der Waals surface area contributed by atoms with Gasteiger partial charge in [0.25, 0.3) is 11.8 Å². The first-order valence-electron chi connectivity index (χ1n) is 9.29. The minimum absolute atomic E-state index is 0.141. The maximum absolute atomic E-state index is 12.7. The number of hydrogen-bond donors (Lipinski definition) is 1. The summed E-state index contributed by atoms with van der Waals surface area (Å²) in [5.74, 6) is -0.491. The Labute approximate surface area is 182 Å². The van der Waals surface area contributed by atoms with Gasteiger partial charge in [-0.05, 0) is 48.0 Å². The van der Waals surface area contributed by atoms with E-state index in [1.165, 1.54) is 11.3 Å². The highest BCUT2D eigenvalue weighted by Gasteiger charge is 2.11. The molecule has 30 heavy (non-hydrogen) atoms.